The van der Waals surface area contributed by atoms with Gasteiger partial charge in [0.2, 0.25) is 5.91 Å². The minimum atomic E-state index is -0.223. The largest absolute Gasteiger partial charge is 0.273 e. The highest BCUT2D eigenvalue weighted by Crippen LogP contribution is 2.25. The van der Waals surface area contributed by atoms with Gasteiger partial charge in [-0.2, -0.15) is 5.10 Å². The number of aryl methyl sites for hydroxylation is 1. The molecule has 2 aromatic rings. The summed E-state index contributed by atoms with van der Waals surface area (Å²) in [5.74, 6) is -0.326. The number of nitrogens with one attached hydrogen (secondary N) is 1. The molecule has 0 unspecified atom stereocenters. The Hall–Kier alpha value is -2.49. The van der Waals surface area contributed by atoms with Crippen molar-refractivity contribution in [1.82, 2.24) is 5.43 Å². The summed E-state index contributed by atoms with van der Waals surface area (Å²) in [5.41, 5.74) is 7.39. The van der Waals surface area contributed by atoms with Crippen molar-refractivity contribution in [2.45, 2.75) is 20.3 Å². The van der Waals surface area contributed by atoms with Crippen LogP contribution in [0.5, 0.6) is 0 Å². The van der Waals surface area contributed by atoms with Crippen LogP contribution >= 0.6 is 0 Å². The van der Waals surface area contributed by atoms with E-state index in [2.05, 4.69) is 10.5 Å². The van der Waals surface area contributed by atoms with E-state index in [9.17, 15) is 9.18 Å². The van der Waals surface area contributed by atoms with Crippen LogP contribution in [0.1, 0.15) is 24.5 Å². The minimum absolute atomic E-state index is 0.0395. The van der Waals surface area contributed by atoms with Crippen LogP contribution in [0.3, 0.4) is 0 Å². The predicted molar refractivity (Wildman–Crippen MR) is 85.0 cm³/mol. The summed E-state index contributed by atoms with van der Waals surface area (Å²) in [6.07, 6.45) is 0.640. The third-order valence-corrected chi connectivity index (χ3v) is 3.97. The maximum Gasteiger partial charge on any atom is 0.243 e. The lowest BCUT2D eigenvalue weighted by Crippen LogP contribution is -2.33. The van der Waals surface area contributed by atoms with Crippen LogP contribution in [0.4, 0.5) is 4.39 Å². The Morgan fingerprint density at radius 1 is 1.14 bits per heavy atom. The van der Waals surface area contributed by atoms with E-state index in [1.165, 1.54) is 12.1 Å². The number of amides is 1. The first-order valence-electron chi connectivity index (χ1n) is 7.28. The third-order valence-electron chi connectivity index (χ3n) is 3.97. The zero-order valence-corrected chi connectivity index (χ0v) is 12.6. The summed E-state index contributed by atoms with van der Waals surface area (Å²) in [5, 5.41) is 4.13. The Balaban J connectivity index is 1.88. The highest BCUT2D eigenvalue weighted by molar-refractivity contribution is 6.05. The Labute approximate surface area is 128 Å². The number of carbonyl (C=O) groups excluding carboxylic acids is 1. The molecule has 1 aliphatic heterocycles. The van der Waals surface area contributed by atoms with Crippen molar-refractivity contribution in [2.75, 3.05) is 0 Å². The fraction of sp³-hybridized carbons (Fsp3) is 0.222. The van der Waals surface area contributed by atoms with Gasteiger partial charge >= 0.3 is 0 Å². The van der Waals surface area contributed by atoms with Crippen molar-refractivity contribution in [3.63, 3.8) is 0 Å². The monoisotopic (exact) mass is 296 g/mol. The number of halogens is 1. The van der Waals surface area contributed by atoms with Crippen LogP contribution in [0.2, 0.25) is 0 Å². The van der Waals surface area contributed by atoms with Crippen molar-refractivity contribution < 1.29 is 9.18 Å². The van der Waals surface area contributed by atoms with Gasteiger partial charge in [-0.05, 0) is 41.3 Å². The van der Waals surface area contributed by atoms with E-state index in [1.54, 1.807) is 6.07 Å². The van der Waals surface area contributed by atoms with Crippen LogP contribution in [-0.4, -0.2) is 11.6 Å². The van der Waals surface area contributed by atoms with Gasteiger partial charge in [0.25, 0.3) is 0 Å². The second-order valence-electron chi connectivity index (χ2n) is 5.68. The van der Waals surface area contributed by atoms with E-state index in [1.807, 2.05) is 38.1 Å². The molecule has 1 N–H and O–H groups in total. The molecule has 112 valence electrons. The molecule has 0 aliphatic carbocycles. The van der Waals surface area contributed by atoms with Gasteiger partial charge in [-0.15, -0.1) is 0 Å². The van der Waals surface area contributed by atoms with E-state index in [0.29, 0.717) is 6.42 Å². The van der Waals surface area contributed by atoms with Crippen LogP contribution < -0.4 is 5.43 Å². The van der Waals surface area contributed by atoms with Gasteiger partial charge in [0.15, 0.2) is 0 Å². The average Bonchev–Trinajstić information content (AvgIpc) is 2.50. The highest BCUT2D eigenvalue weighted by Gasteiger charge is 2.21. The maximum atomic E-state index is 13.2. The lowest BCUT2D eigenvalue weighted by molar-refractivity contribution is -0.124. The molecule has 1 aliphatic rings. The summed E-state index contributed by atoms with van der Waals surface area (Å²) in [6.45, 7) is 3.79. The van der Waals surface area contributed by atoms with E-state index in [4.69, 9.17) is 0 Å². The van der Waals surface area contributed by atoms with Gasteiger partial charge < -0.3 is 0 Å². The molecule has 1 atom stereocenters. The number of hydrogen-bond acceptors (Lipinski definition) is 2. The summed E-state index contributed by atoms with van der Waals surface area (Å²) in [7, 11) is 0. The first kappa shape index (κ1) is 14.4. The molecule has 0 radical (unpaired) electrons. The van der Waals surface area contributed by atoms with Crippen LogP contribution in [-0.2, 0) is 4.79 Å². The van der Waals surface area contributed by atoms with Crippen LogP contribution in [0, 0.1) is 18.7 Å². The molecule has 1 heterocycles. The predicted octanol–water partition coefficient (Wildman–Crippen LogP) is 3.66. The van der Waals surface area contributed by atoms with E-state index >= 15 is 0 Å². The van der Waals surface area contributed by atoms with Gasteiger partial charge in [0.1, 0.15) is 5.82 Å². The summed E-state index contributed by atoms with van der Waals surface area (Å²) in [6, 6.07) is 12.8. The SMILES string of the molecule is Cc1cc(F)ccc1-c1ccc(C2=NNC(=O)[C@@H](C)C2)cc1. The number of carbonyl (C=O) groups is 1. The fourth-order valence-corrected chi connectivity index (χ4v) is 2.64. The smallest absolute Gasteiger partial charge is 0.243 e. The standard InChI is InChI=1S/C18H17FN2O/c1-11-9-15(19)7-8-16(11)13-3-5-14(6-4-13)17-10-12(2)18(22)21-20-17/h3-9,12H,10H2,1-2H3,(H,21,22)/t12-/m0/s1. The lowest BCUT2D eigenvalue weighted by Gasteiger charge is -2.18. The minimum Gasteiger partial charge on any atom is -0.273 e. The van der Waals surface area contributed by atoms with Crippen molar-refractivity contribution >= 4 is 11.6 Å². The molecule has 0 spiro atoms. The fourth-order valence-electron chi connectivity index (χ4n) is 2.64. The summed E-state index contributed by atoms with van der Waals surface area (Å²) in [4.78, 5) is 11.4. The molecule has 22 heavy (non-hydrogen) atoms. The molecule has 3 nitrogen and oxygen atoms in total. The topological polar surface area (TPSA) is 41.5 Å². The molecular formula is C18H17FN2O. The van der Waals surface area contributed by atoms with Crippen molar-refractivity contribution in [2.24, 2.45) is 11.0 Å². The van der Waals surface area contributed by atoms with E-state index in [0.717, 1.165) is 28.0 Å². The zero-order valence-electron chi connectivity index (χ0n) is 12.6. The molecule has 0 saturated carbocycles. The Kier molecular flexibility index (Phi) is 3.75. The summed E-state index contributed by atoms with van der Waals surface area (Å²) >= 11 is 0. The van der Waals surface area contributed by atoms with Gasteiger partial charge in [-0.1, -0.05) is 37.3 Å². The van der Waals surface area contributed by atoms with Gasteiger partial charge in [0.05, 0.1) is 5.71 Å². The van der Waals surface area contributed by atoms with Crippen molar-refractivity contribution in [1.29, 1.82) is 0 Å². The number of hydrazone groups is 1. The molecule has 1 amide bonds. The quantitative estimate of drug-likeness (QED) is 0.902. The molecule has 3 rings (SSSR count). The summed E-state index contributed by atoms with van der Waals surface area (Å²) < 4.78 is 13.2. The Morgan fingerprint density at radius 3 is 2.45 bits per heavy atom. The van der Waals surface area contributed by atoms with Gasteiger partial charge in [-0.3, -0.25) is 4.79 Å². The number of rotatable bonds is 2. The second kappa shape index (κ2) is 5.72. The van der Waals surface area contributed by atoms with Crippen molar-refractivity contribution in [3.8, 4) is 11.1 Å². The Morgan fingerprint density at radius 2 is 1.82 bits per heavy atom. The normalized spacial score (nSPS) is 17.9. The highest BCUT2D eigenvalue weighted by atomic mass is 19.1. The molecular weight excluding hydrogens is 279 g/mol. The molecule has 0 aromatic heterocycles. The molecule has 0 fully saturated rings. The average molecular weight is 296 g/mol. The first-order valence-corrected chi connectivity index (χ1v) is 7.28. The molecule has 0 saturated heterocycles. The van der Waals surface area contributed by atoms with Crippen molar-refractivity contribution in [3.05, 3.63) is 59.4 Å². The molecule has 0 bridgehead atoms. The third kappa shape index (κ3) is 2.77. The maximum absolute atomic E-state index is 13.2. The lowest BCUT2D eigenvalue weighted by atomic mass is 9.94. The van der Waals surface area contributed by atoms with E-state index < -0.39 is 0 Å². The molecule has 4 heteroatoms. The zero-order chi connectivity index (χ0) is 15.7. The Bertz CT molecular complexity index is 750. The van der Waals surface area contributed by atoms with Crippen LogP contribution in [0.15, 0.2) is 47.6 Å². The molecule has 2 aromatic carbocycles. The first-order chi connectivity index (χ1) is 10.5. The van der Waals surface area contributed by atoms with Gasteiger partial charge in [-0.25, -0.2) is 9.82 Å². The number of hydrogen-bond donors (Lipinski definition) is 1. The van der Waals surface area contributed by atoms with Gasteiger partial charge in [0, 0.05) is 12.3 Å². The van der Waals surface area contributed by atoms with Crippen LogP contribution in [0.25, 0.3) is 11.1 Å². The second-order valence-corrected chi connectivity index (χ2v) is 5.68. The number of nitrogens with zero attached hydrogens (tertiary/aromatic N) is 1. The number of benzene rings is 2. The van der Waals surface area contributed by atoms with E-state index in [-0.39, 0.29) is 17.6 Å².